The van der Waals surface area contributed by atoms with Crippen LogP contribution in [0, 0.1) is 0 Å². The van der Waals surface area contributed by atoms with E-state index in [1.165, 1.54) is 38.5 Å². The molecule has 0 heterocycles. The van der Waals surface area contributed by atoms with Crippen molar-refractivity contribution in [2.24, 2.45) is 0 Å². The van der Waals surface area contributed by atoms with Crippen LogP contribution in [0.5, 0.6) is 11.5 Å². The fourth-order valence-corrected chi connectivity index (χ4v) is 2.93. The van der Waals surface area contributed by atoms with E-state index in [0.29, 0.717) is 17.0 Å². The highest BCUT2D eigenvalue weighted by Gasteiger charge is 2.20. The number of phenolic OH excluding ortho intramolecular Hbond substituents is 1. The molecule has 41 heavy (non-hydrogen) atoms. The molecular weight excluding hydrogens is 536 g/mol. The number of anilines is 2. The first-order chi connectivity index (χ1) is 18.8. The summed E-state index contributed by atoms with van der Waals surface area (Å²) in [6.45, 7) is 14.2. The number of esters is 2. The standard InChI is InChI=1S/C16H23NO5.C13H17NO5/c1-10(2)21-13-9-11(14(18)20-6)7-8-12(13)17-15(19)22-16(3,4)5;1-13(2,3)19-12(17)14-9-6-5-8(7-10(9)15)11(16)18-4/h7-10H,1-6H3,(H,17,19);5-7,15H,1-4H3,(H,14,17). The van der Waals surface area contributed by atoms with Crippen molar-refractivity contribution in [1.29, 1.82) is 0 Å². The van der Waals surface area contributed by atoms with Gasteiger partial charge in [-0.2, -0.15) is 0 Å². The van der Waals surface area contributed by atoms with Crippen LogP contribution in [0.15, 0.2) is 36.4 Å². The van der Waals surface area contributed by atoms with Crippen molar-refractivity contribution in [3.63, 3.8) is 0 Å². The molecule has 0 aliphatic carbocycles. The molecule has 0 radical (unpaired) electrons. The summed E-state index contributed by atoms with van der Waals surface area (Å²) in [4.78, 5) is 46.2. The zero-order valence-corrected chi connectivity index (χ0v) is 25.2. The molecule has 2 aromatic carbocycles. The van der Waals surface area contributed by atoms with Gasteiger partial charge in [-0.25, -0.2) is 19.2 Å². The lowest BCUT2D eigenvalue weighted by molar-refractivity contribution is 0.0591. The number of phenols is 1. The van der Waals surface area contributed by atoms with Crippen LogP contribution in [0.3, 0.4) is 0 Å². The van der Waals surface area contributed by atoms with Crippen LogP contribution in [0.25, 0.3) is 0 Å². The van der Waals surface area contributed by atoms with E-state index in [4.69, 9.17) is 14.2 Å². The summed E-state index contributed by atoms with van der Waals surface area (Å²) in [5.41, 5.74) is -0.124. The molecular formula is C29H40N2O10. The molecule has 0 aliphatic heterocycles. The number of amides is 2. The fourth-order valence-electron chi connectivity index (χ4n) is 2.93. The average Bonchev–Trinajstić information content (AvgIpc) is 2.83. The number of rotatable bonds is 6. The number of ether oxygens (including phenoxy) is 5. The number of hydrogen-bond acceptors (Lipinski definition) is 10. The first-order valence-electron chi connectivity index (χ1n) is 12.7. The van der Waals surface area contributed by atoms with Crippen LogP contribution >= 0.6 is 0 Å². The second-order valence-corrected chi connectivity index (χ2v) is 10.8. The first-order valence-corrected chi connectivity index (χ1v) is 12.7. The molecule has 2 amide bonds. The predicted octanol–water partition coefficient (Wildman–Crippen LogP) is 6.13. The molecule has 226 valence electrons. The van der Waals surface area contributed by atoms with Gasteiger partial charge in [0.15, 0.2) is 0 Å². The highest BCUT2D eigenvalue weighted by atomic mass is 16.6. The molecule has 0 saturated heterocycles. The number of methoxy groups -OCH3 is 2. The third kappa shape index (κ3) is 12.9. The van der Waals surface area contributed by atoms with E-state index in [2.05, 4.69) is 20.1 Å². The van der Waals surface area contributed by atoms with E-state index >= 15 is 0 Å². The number of hydrogen-bond donors (Lipinski definition) is 3. The van der Waals surface area contributed by atoms with Gasteiger partial charge in [0.25, 0.3) is 0 Å². The van der Waals surface area contributed by atoms with Crippen molar-refractivity contribution in [3.05, 3.63) is 47.5 Å². The molecule has 2 aromatic rings. The topological polar surface area (TPSA) is 159 Å². The number of carbonyl (C=O) groups is 4. The van der Waals surface area contributed by atoms with Crippen molar-refractivity contribution < 1.29 is 48.0 Å². The molecule has 0 spiro atoms. The van der Waals surface area contributed by atoms with Gasteiger partial charge in [-0.05, 0) is 91.8 Å². The van der Waals surface area contributed by atoms with E-state index in [9.17, 15) is 24.3 Å². The number of nitrogens with one attached hydrogen (secondary N) is 2. The minimum absolute atomic E-state index is 0.118. The van der Waals surface area contributed by atoms with Crippen molar-refractivity contribution in [3.8, 4) is 11.5 Å². The van der Waals surface area contributed by atoms with Gasteiger partial charge in [0, 0.05) is 0 Å². The summed E-state index contributed by atoms with van der Waals surface area (Å²) < 4.78 is 25.1. The quantitative estimate of drug-likeness (QED) is 0.207. The molecule has 2 rings (SSSR count). The minimum atomic E-state index is -0.686. The van der Waals surface area contributed by atoms with E-state index < -0.39 is 35.3 Å². The molecule has 0 fully saturated rings. The SMILES string of the molecule is COC(=O)c1ccc(NC(=O)OC(C)(C)C)c(O)c1.COC(=O)c1ccc(NC(=O)OC(C)(C)C)c(OC(C)C)c1. The third-order valence-corrected chi connectivity index (χ3v) is 4.46. The Hall–Kier alpha value is -4.48. The summed E-state index contributed by atoms with van der Waals surface area (Å²) in [5.74, 6) is -0.908. The molecule has 0 unspecified atom stereocenters. The molecule has 12 nitrogen and oxygen atoms in total. The van der Waals surface area contributed by atoms with Crippen molar-refractivity contribution in [2.45, 2.75) is 72.7 Å². The van der Waals surface area contributed by atoms with Gasteiger partial charge in [0.2, 0.25) is 0 Å². The second kappa shape index (κ2) is 14.8. The highest BCUT2D eigenvalue weighted by molar-refractivity contribution is 5.93. The zero-order chi connectivity index (χ0) is 31.5. The maximum Gasteiger partial charge on any atom is 0.412 e. The highest BCUT2D eigenvalue weighted by Crippen LogP contribution is 2.28. The van der Waals surface area contributed by atoms with Crippen molar-refractivity contribution in [1.82, 2.24) is 0 Å². The normalized spacial score (nSPS) is 10.9. The molecule has 0 aromatic heterocycles. The van der Waals surface area contributed by atoms with Crippen LogP contribution in [0.4, 0.5) is 21.0 Å². The number of aromatic hydroxyl groups is 1. The van der Waals surface area contributed by atoms with Gasteiger partial charge in [-0.1, -0.05) is 0 Å². The monoisotopic (exact) mass is 576 g/mol. The smallest absolute Gasteiger partial charge is 0.412 e. The summed E-state index contributed by atoms with van der Waals surface area (Å²) in [6, 6.07) is 8.68. The summed E-state index contributed by atoms with van der Waals surface area (Å²) >= 11 is 0. The Morgan fingerprint density at radius 3 is 1.51 bits per heavy atom. The molecule has 0 aliphatic rings. The Bertz CT molecular complexity index is 1230. The summed E-state index contributed by atoms with van der Waals surface area (Å²) in [5, 5.41) is 14.7. The zero-order valence-electron chi connectivity index (χ0n) is 25.2. The lowest BCUT2D eigenvalue weighted by Crippen LogP contribution is -2.27. The van der Waals surface area contributed by atoms with Crippen molar-refractivity contribution in [2.75, 3.05) is 24.9 Å². The van der Waals surface area contributed by atoms with Crippen LogP contribution in [-0.2, 0) is 18.9 Å². The van der Waals surface area contributed by atoms with Gasteiger partial charge >= 0.3 is 24.1 Å². The lowest BCUT2D eigenvalue weighted by atomic mass is 10.2. The van der Waals surface area contributed by atoms with E-state index in [-0.39, 0.29) is 23.1 Å². The van der Waals surface area contributed by atoms with Gasteiger partial charge in [0.05, 0.1) is 42.8 Å². The van der Waals surface area contributed by atoms with E-state index in [0.717, 1.165) is 0 Å². The Kier molecular flexibility index (Phi) is 12.5. The average molecular weight is 577 g/mol. The fraction of sp³-hybridized carbons (Fsp3) is 0.448. The van der Waals surface area contributed by atoms with Gasteiger partial charge in [-0.3, -0.25) is 10.6 Å². The summed E-state index contributed by atoms with van der Waals surface area (Å²) in [6.07, 6.45) is -1.40. The van der Waals surface area contributed by atoms with E-state index in [1.54, 1.807) is 53.7 Å². The Morgan fingerprint density at radius 2 is 1.12 bits per heavy atom. The minimum Gasteiger partial charge on any atom is -0.506 e. The second-order valence-electron chi connectivity index (χ2n) is 10.8. The van der Waals surface area contributed by atoms with Crippen LogP contribution < -0.4 is 15.4 Å². The maximum absolute atomic E-state index is 11.9. The van der Waals surface area contributed by atoms with E-state index in [1.807, 2.05) is 13.8 Å². The predicted molar refractivity (Wildman–Crippen MR) is 153 cm³/mol. The third-order valence-electron chi connectivity index (χ3n) is 4.46. The molecule has 0 saturated carbocycles. The van der Waals surface area contributed by atoms with Gasteiger partial charge in [-0.15, -0.1) is 0 Å². The van der Waals surface area contributed by atoms with Crippen LogP contribution in [0.1, 0.15) is 76.1 Å². The largest absolute Gasteiger partial charge is 0.506 e. The number of benzene rings is 2. The molecule has 3 N–H and O–H groups in total. The molecule has 12 heteroatoms. The number of carbonyl (C=O) groups excluding carboxylic acids is 4. The first kappa shape index (κ1) is 34.5. The Labute approximate surface area is 240 Å². The van der Waals surface area contributed by atoms with Crippen LogP contribution in [0.2, 0.25) is 0 Å². The Balaban J connectivity index is 0.000000414. The van der Waals surface area contributed by atoms with Gasteiger partial charge < -0.3 is 28.8 Å². The van der Waals surface area contributed by atoms with Crippen molar-refractivity contribution >= 4 is 35.5 Å². The summed E-state index contributed by atoms with van der Waals surface area (Å²) in [7, 11) is 2.55. The lowest BCUT2D eigenvalue weighted by Gasteiger charge is -2.21. The van der Waals surface area contributed by atoms with Crippen LogP contribution in [-0.4, -0.2) is 60.8 Å². The van der Waals surface area contributed by atoms with Gasteiger partial charge in [0.1, 0.15) is 22.7 Å². The molecule has 0 bridgehead atoms. The Morgan fingerprint density at radius 1 is 0.707 bits per heavy atom. The molecule has 0 atom stereocenters. The maximum atomic E-state index is 11.9.